The van der Waals surface area contributed by atoms with Gasteiger partial charge in [0.15, 0.2) is 0 Å². The molecule has 0 aliphatic carbocycles. The second kappa shape index (κ2) is 5.13. The lowest BCUT2D eigenvalue weighted by atomic mass is 9.81. The number of aliphatic hydroxyl groups is 1. The summed E-state index contributed by atoms with van der Waals surface area (Å²) in [5, 5.41) is 12.6. The van der Waals surface area contributed by atoms with Crippen LogP contribution in [0.5, 0.6) is 5.75 Å². The number of hydrogen-bond donors (Lipinski definition) is 2. The summed E-state index contributed by atoms with van der Waals surface area (Å²) in [4.78, 5) is 12.5. The van der Waals surface area contributed by atoms with Crippen LogP contribution >= 0.6 is 0 Å². The van der Waals surface area contributed by atoms with Crippen LogP contribution in [0.15, 0.2) is 28.7 Å². The Bertz CT molecular complexity index is 1020. The fraction of sp³-hybridized carbons (Fsp3) is 0.316. The number of anilines is 1. The van der Waals surface area contributed by atoms with E-state index in [0.717, 1.165) is 10.8 Å². The first-order valence-electron chi connectivity index (χ1n) is 8.17. The highest BCUT2D eigenvalue weighted by Crippen LogP contribution is 2.52. The van der Waals surface area contributed by atoms with E-state index in [2.05, 4.69) is 0 Å². The summed E-state index contributed by atoms with van der Waals surface area (Å²) in [6, 6.07) is 7.52. The predicted molar refractivity (Wildman–Crippen MR) is 93.7 cm³/mol. The van der Waals surface area contributed by atoms with Gasteiger partial charge in [0, 0.05) is 21.7 Å². The Morgan fingerprint density at radius 1 is 1.32 bits per heavy atom. The van der Waals surface area contributed by atoms with Gasteiger partial charge in [-0.25, -0.2) is 4.79 Å². The molecule has 0 fully saturated rings. The van der Waals surface area contributed by atoms with E-state index < -0.39 is 17.7 Å². The van der Waals surface area contributed by atoms with Crippen LogP contribution in [0.1, 0.15) is 36.7 Å². The van der Waals surface area contributed by atoms with Crippen molar-refractivity contribution in [2.75, 3.05) is 12.3 Å². The van der Waals surface area contributed by atoms with E-state index >= 15 is 0 Å². The summed E-state index contributed by atoms with van der Waals surface area (Å²) in [5.41, 5.74) is 6.67. The van der Waals surface area contributed by atoms with E-state index in [1.807, 2.05) is 38.1 Å². The Labute approximate surface area is 144 Å². The average molecular weight is 341 g/mol. The Balaban J connectivity index is 2.22. The molecule has 0 saturated heterocycles. The van der Waals surface area contributed by atoms with Gasteiger partial charge in [0.05, 0.1) is 12.0 Å². The van der Waals surface area contributed by atoms with Gasteiger partial charge in [-0.05, 0) is 20.8 Å². The van der Waals surface area contributed by atoms with Crippen molar-refractivity contribution >= 4 is 33.6 Å². The normalized spacial score (nSPS) is 18.3. The Kier molecular flexibility index (Phi) is 3.24. The number of nitrogen functional groups attached to an aromatic ring is 1. The van der Waals surface area contributed by atoms with E-state index in [1.54, 1.807) is 6.92 Å². The molecule has 6 heteroatoms. The van der Waals surface area contributed by atoms with Gasteiger partial charge in [-0.1, -0.05) is 24.3 Å². The van der Waals surface area contributed by atoms with Crippen LogP contribution in [-0.4, -0.2) is 24.0 Å². The molecule has 2 heterocycles. The van der Waals surface area contributed by atoms with Crippen LogP contribution in [0.2, 0.25) is 0 Å². The molecule has 3 aromatic rings. The smallest absolute Gasteiger partial charge is 0.344 e. The summed E-state index contributed by atoms with van der Waals surface area (Å²) >= 11 is 0. The standard InChI is InChI=1S/C19H19NO5/c1-4-23-17(21)12-11-13-15(25-18(22)19(13,2)3)10-8-6-5-7-9(10)14(11)24-16(12)20/h5-8,18,22H,4,20H2,1-3H3. The van der Waals surface area contributed by atoms with Gasteiger partial charge in [-0.2, -0.15) is 0 Å². The minimum absolute atomic E-state index is 0.00388. The number of nitrogens with two attached hydrogens (primary N) is 1. The van der Waals surface area contributed by atoms with E-state index in [4.69, 9.17) is 19.6 Å². The molecule has 3 N–H and O–H groups in total. The molecule has 1 atom stereocenters. The zero-order chi connectivity index (χ0) is 17.9. The molecular weight excluding hydrogens is 322 g/mol. The zero-order valence-corrected chi connectivity index (χ0v) is 14.3. The maximum atomic E-state index is 12.5. The largest absolute Gasteiger partial charge is 0.463 e. The number of benzene rings is 2. The number of rotatable bonds is 2. The average Bonchev–Trinajstić information content (AvgIpc) is 3.02. The minimum atomic E-state index is -1.04. The number of hydrogen-bond acceptors (Lipinski definition) is 6. The molecule has 130 valence electrons. The Morgan fingerprint density at radius 3 is 2.68 bits per heavy atom. The van der Waals surface area contributed by atoms with Gasteiger partial charge < -0.3 is 24.7 Å². The van der Waals surface area contributed by atoms with Crippen molar-refractivity contribution in [1.29, 1.82) is 0 Å². The molecule has 4 rings (SSSR count). The van der Waals surface area contributed by atoms with Crippen molar-refractivity contribution in [3.8, 4) is 5.75 Å². The molecule has 25 heavy (non-hydrogen) atoms. The van der Waals surface area contributed by atoms with Gasteiger partial charge in [0.2, 0.25) is 12.2 Å². The molecule has 1 unspecified atom stereocenters. The fourth-order valence-corrected chi connectivity index (χ4v) is 3.53. The van der Waals surface area contributed by atoms with Crippen molar-refractivity contribution in [1.82, 2.24) is 0 Å². The number of carbonyl (C=O) groups excluding carboxylic acids is 1. The van der Waals surface area contributed by atoms with Crippen LogP contribution in [0.3, 0.4) is 0 Å². The van der Waals surface area contributed by atoms with E-state index in [1.165, 1.54) is 0 Å². The Hall–Kier alpha value is -2.73. The summed E-state index contributed by atoms with van der Waals surface area (Å²) in [6.45, 7) is 5.67. The van der Waals surface area contributed by atoms with Crippen molar-refractivity contribution in [3.05, 3.63) is 35.4 Å². The SMILES string of the molecule is CCOC(=O)c1c(N)oc2c1c1c(c3ccccc32)OC(O)C1(C)C. The van der Waals surface area contributed by atoms with E-state index in [-0.39, 0.29) is 18.1 Å². The van der Waals surface area contributed by atoms with Gasteiger partial charge in [-0.3, -0.25) is 0 Å². The van der Waals surface area contributed by atoms with Crippen molar-refractivity contribution in [3.63, 3.8) is 0 Å². The molecular formula is C19H19NO5. The molecule has 6 nitrogen and oxygen atoms in total. The van der Waals surface area contributed by atoms with Crippen LogP contribution in [0.25, 0.3) is 21.7 Å². The number of furan rings is 1. The van der Waals surface area contributed by atoms with Crippen LogP contribution < -0.4 is 10.5 Å². The number of esters is 1. The Morgan fingerprint density at radius 2 is 2.00 bits per heavy atom. The number of fused-ring (bicyclic) bond motifs is 6. The highest BCUT2D eigenvalue weighted by atomic mass is 16.6. The zero-order valence-electron chi connectivity index (χ0n) is 14.3. The second-order valence-corrected chi connectivity index (χ2v) is 6.71. The van der Waals surface area contributed by atoms with Gasteiger partial charge in [0.1, 0.15) is 16.9 Å². The molecule has 1 aliphatic rings. The molecule has 2 aromatic carbocycles. The molecule has 1 aromatic heterocycles. The molecule has 0 amide bonds. The number of ether oxygens (including phenoxy) is 2. The molecule has 0 radical (unpaired) electrons. The summed E-state index contributed by atoms with van der Waals surface area (Å²) in [7, 11) is 0. The van der Waals surface area contributed by atoms with Crippen LogP contribution in [0, 0.1) is 0 Å². The van der Waals surface area contributed by atoms with Crippen LogP contribution in [-0.2, 0) is 10.2 Å². The predicted octanol–water partition coefficient (Wildman–Crippen LogP) is 3.33. The maximum Gasteiger partial charge on any atom is 0.344 e. The van der Waals surface area contributed by atoms with Gasteiger partial charge in [-0.15, -0.1) is 0 Å². The van der Waals surface area contributed by atoms with Crippen LogP contribution in [0.4, 0.5) is 5.88 Å². The summed E-state index contributed by atoms with van der Waals surface area (Å²) in [5.74, 6) is 0.00422. The third-order valence-electron chi connectivity index (χ3n) is 4.80. The number of aliphatic hydroxyl groups excluding tert-OH is 1. The quantitative estimate of drug-likeness (QED) is 0.694. The molecule has 0 spiro atoms. The third kappa shape index (κ3) is 1.97. The minimum Gasteiger partial charge on any atom is -0.463 e. The highest BCUT2D eigenvalue weighted by molar-refractivity contribution is 6.18. The monoisotopic (exact) mass is 341 g/mol. The van der Waals surface area contributed by atoms with Gasteiger partial charge in [0.25, 0.3) is 0 Å². The topological polar surface area (TPSA) is 94.9 Å². The molecule has 0 saturated carbocycles. The molecule has 0 bridgehead atoms. The van der Waals surface area contributed by atoms with E-state index in [9.17, 15) is 9.90 Å². The lowest BCUT2D eigenvalue weighted by molar-refractivity contribution is -0.0442. The lowest BCUT2D eigenvalue weighted by Crippen LogP contribution is -2.31. The lowest BCUT2D eigenvalue weighted by Gasteiger charge is -2.21. The number of carbonyl (C=O) groups is 1. The first kappa shape index (κ1) is 15.8. The van der Waals surface area contributed by atoms with E-state index in [0.29, 0.717) is 22.3 Å². The summed E-state index contributed by atoms with van der Waals surface area (Å²) in [6.07, 6.45) is -1.04. The first-order valence-corrected chi connectivity index (χ1v) is 8.17. The summed E-state index contributed by atoms with van der Waals surface area (Å²) < 4.78 is 16.7. The van der Waals surface area contributed by atoms with Crippen molar-refractivity contribution < 1.29 is 23.8 Å². The van der Waals surface area contributed by atoms with Gasteiger partial charge >= 0.3 is 5.97 Å². The highest BCUT2D eigenvalue weighted by Gasteiger charge is 2.45. The third-order valence-corrected chi connectivity index (χ3v) is 4.80. The maximum absolute atomic E-state index is 12.5. The molecule has 1 aliphatic heterocycles. The van der Waals surface area contributed by atoms with Crippen molar-refractivity contribution in [2.24, 2.45) is 0 Å². The first-order chi connectivity index (χ1) is 11.9. The second-order valence-electron chi connectivity index (χ2n) is 6.71. The van der Waals surface area contributed by atoms with Crippen molar-refractivity contribution in [2.45, 2.75) is 32.5 Å². The fourth-order valence-electron chi connectivity index (χ4n) is 3.53.